The number of anilines is 1. The Morgan fingerprint density at radius 2 is 1.91 bits per heavy atom. The molecule has 3 rings (SSSR count). The molecular formula is C17H18F3N3. The number of rotatable bonds is 4. The highest BCUT2D eigenvalue weighted by Crippen LogP contribution is 2.29. The van der Waals surface area contributed by atoms with Crippen molar-refractivity contribution in [3.8, 4) is 0 Å². The number of halogens is 3. The van der Waals surface area contributed by atoms with Crippen LogP contribution in [0.1, 0.15) is 17.5 Å². The predicted octanol–water partition coefficient (Wildman–Crippen LogP) is 3.47. The Balaban J connectivity index is 1.55. The standard InChI is InChI=1S/C17H18F3N3/c18-17(19,20)14-6-7-16(22-11-14)23-9-8-15(12-23)21-10-13-4-2-1-3-5-13/h1-7,11,15,21H,8-10,12H2/t15-/m0/s1. The molecule has 2 heterocycles. The molecule has 1 aromatic carbocycles. The van der Waals surface area contributed by atoms with Crippen molar-refractivity contribution in [3.05, 3.63) is 59.8 Å². The van der Waals surface area contributed by atoms with Crippen molar-refractivity contribution in [2.75, 3.05) is 18.0 Å². The second kappa shape index (κ2) is 6.58. The fourth-order valence-corrected chi connectivity index (χ4v) is 2.73. The first kappa shape index (κ1) is 15.8. The average molecular weight is 321 g/mol. The lowest BCUT2D eigenvalue weighted by molar-refractivity contribution is -0.137. The summed E-state index contributed by atoms with van der Waals surface area (Å²) in [4.78, 5) is 5.97. The summed E-state index contributed by atoms with van der Waals surface area (Å²) in [6.07, 6.45) is -2.48. The van der Waals surface area contributed by atoms with Gasteiger partial charge in [-0.15, -0.1) is 0 Å². The largest absolute Gasteiger partial charge is 0.417 e. The smallest absolute Gasteiger partial charge is 0.355 e. The molecular weight excluding hydrogens is 303 g/mol. The van der Waals surface area contributed by atoms with Crippen LogP contribution in [-0.4, -0.2) is 24.1 Å². The molecule has 0 spiro atoms. The van der Waals surface area contributed by atoms with E-state index in [1.807, 2.05) is 23.1 Å². The van der Waals surface area contributed by atoms with E-state index < -0.39 is 11.7 Å². The van der Waals surface area contributed by atoms with Crippen molar-refractivity contribution in [3.63, 3.8) is 0 Å². The molecule has 6 heteroatoms. The zero-order valence-electron chi connectivity index (χ0n) is 12.6. The minimum atomic E-state index is -4.34. The normalized spacial score (nSPS) is 18.4. The number of nitrogens with zero attached hydrogens (tertiary/aromatic N) is 2. The van der Waals surface area contributed by atoms with E-state index in [-0.39, 0.29) is 0 Å². The van der Waals surface area contributed by atoms with Gasteiger partial charge in [-0.25, -0.2) is 4.98 Å². The third-order valence-corrected chi connectivity index (χ3v) is 4.03. The summed E-state index contributed by atoms with van der Waals surface area (Å²) >= 11 is 0. The second-order valence-corrected chi connectivity index (χ2v) is 5.70. The maximum Gasteiger partial charge on any atom is 0.417 e. The van der Waals surface area contributed by atoms with Gasteiger partial charge in [0.25, 0.3) is 0 Å². The third kappa shape index (κ3) is 4.01. The van der Waals surface area contributed by atoms with E-state index in [2.05, 4.69) is 22.4 Å². The fraction of sp³-hybridized carbons (Fsp3) is 0.353. The Kier molecular flexibility index (Phi) is 4.52. The molecule has 1 atom stereocenters. The van der Waals surface area contributed by atoms with Gasteiger partial charge in [-0.2, -0.15) is 13.2 Å². The van der Waals surface area contributed by atoms with Crippen molar-refractivity contribution >= 4 is 5.82 Å². The van der Waals surface area contributed by atoms with E-state index >= 15 is 0 Å². The van der Waals surface area contributed by atoms with Gasteiger partial charge in [-0.05, 0) is 24.1 Å². The zero-order chi connectivity index (χ0) is 16.3. The van der Waals surface area contributed by atoms with Crippen LogP contribution in [0.2, 0.25) is 0 Å². The summed E-state index contributed by atoms with van der Waals surface area (Å²) in [5.41, 5.74) is 0.512. The lowest BCUT2D eigenvalue weighted by atomic mass is 10.2. The second-order valence-electron chi connectivity index (χ2n) is 5.70. The van der Waals surface area contributed by atoms with E-state index in [1.54, 1.807) is 0 Å². The molecule has 2 aromatic rings. The summed E-state index contributed by atoms with van der Waals surface area (Å²) in [7, 11) is 0. The first-order chi connectivity index (χ1) is 11.0. The monoisotopic (exact) mass is 321 g/mol. The average Bonchev–Trinajstić information content (AvgIpc) is 3.02. The first-order valence-corrected chi connectivity index (χ1v) is 7.58. The first-order valence-electron chi connectivity index (χ1n) is 7.58. The van der Waals surface area contributed by atoms with Gasteiger partial charge < -0.3 is 10.2 Å². The predicted molar refractivity (Wildman–Crippen MR) is 83.1 cm³/mol. The van der Waals surface area contributed by atoms with E-state index in [0.717, 1.165) is 38.3 Å². The summed E-state index contributed by atoms with van der Waals surface area (Å²) in [5, 5.41) is 3.48. The molecule has 0 radical (unpaired) electrons. The number of pyridine rings is 1. The molecule has 0 amide bonds. The van der Waals surface area contributed by atoms with Crippen LogP contribution in [-0.2, 0) is 12.7 Å². The summed E-state index contributed by atoms with van der Waals surface area (Å²) < 4.78 is 37.7. The van der Waals surface area contributed by atoms with Crippen LogP contribution in [0.3, 0.4) is 0 Å². The molecule has 1 aliphatic heterocycles. The maximum absolute atomic E-state index is 12.6. The van der Waals surface area contributed by atoms with Gasteiger partial charge in [0.1, 0.15) is 5.82 Å². The molecule has 1 fully saturated rings. The molecule has 122 valence electrons. The molecule has 1 aliphatic rings. The Hall–Kier alpha value is -2.08. The van der Waals surface area contributed by atoms with Crippen molar-refractivity contribution < 1.29 is 13.2 Å². The van der Waals surface area contributed by atoms with Crippen LogP contribution in [0, 0.1) is 0 Å². The lowest BCUT2D eigenvalue weighted by Crippen LogP contribution is -2.32. The topological polar surface area (TPSA) is 28.2 Å². The minimum Gasteiger partial charge on any atom is -0.355 e. The van der Waals surface area contributed by atoms with Crippen LogP contribution in [0.25, 0.3) is 0 Å². The van der Waals surface area contributed by atoms with Gasteiger partial charge in [0.05, 0.1) is 5.56 Å². The van der Waals surface area contributed by atoms with Crippen molar-refractivity contribution in [1.29, 1.82) is 0 Å². The number of hydrogen-bond acceptors (Lipinski definition) is 3. The molecule has 23 heavy (non-hydrogen) atoms. The van der Waals surface area contributed by atoms with Crippen LogP contribution in [0.4, 0.5) is 19.0 Å². The Morgan fingerprint density at radius 3 is 2.57 bits per heavy atom. The SMILES string of the molecule is FC(F)(F)c1ccc(N2CC[C@H](NCc3ccccc3)C2)nc1. The maximum atomic E-state index is 12.6. The van der Waals surface area contributed by atoms with Gasteiger partial charge >= 0.3 is 6.18 Å². The number of hydrogen-bond donors (Lipinski definition) is 1. The number of alkyl halides is 3. The van der Waals surface area contributed by atoms with E-state index in [1.165, 1.54) is 11.6 Å². The highest BCUT2D eigenvalue weighted by molar-refractivity contribution is 5.41. The molecule has 1 aromatic heterocycles. The van der Waals surface area contributed by atoms with Crippen LogP contribution < -0.4 is 10.2 Å². The van der Waals surface area contributed by atoms with Crippen LogP contribution in [0.5, 0.6) is 0 Å². The number of nitrogens with one attached hydrogen (secondary N) is 1. The fourth-order valence-electron chi connectivity index (χ4n) is 2.73. The van der Waals surface area contributed by atoms with Crippen LogP contribution >= 0.6 is 0 Å². The molecule has 1 N–H and O–H groups in total. The molecule has 0 unspecified atom stereocenters. The van der Waals surface area contributed by atoms with Gasteiger partial charge in [0, 0.05) is 31.9 Å². The summed E-state index contributed by atoms with van der Waals surface area (Å²) in [6, 6.07) is 13.0. The van der Waals surface area contributed by atoms with Gasteiger partial charge in [-0.3, -0.25) is 0 Å². The van der Waals surface area contributed by atoms with Gasteiger partial charge in [0.2, 0.25) is 0 Å². The Labute approximate surface area is 133 Å². The Morgan fingerprint density at radius 1 is 1.13 bits per heavy atom. The van der Waals surface area contributed by atoms with Crippen molar-refractivity contribution in [2.45, 2.75) is 25.2 Å². The quantitative estimate of drug-likeness (QED) is 0.934. The molecule has 3 nitrogen and oxygen atoms in total. The van der Waals surface area contributed by atoms with Crippen molar-refractivity contribution in [1.82, 2.24) is 10.3 Å². The van der Waals surface area contributed by atoms with Gasteiger partial charge in [-0.1, -0.05) is 30.3 Å². The van der Waals surface area contributed by atoms with E-state index in [9.17, 15) is 13.2 Å². The Bertz CT molecular complexity index is 626. The highest BCUT2D eigenvalue weighted by Gasteiger charge is 2.31. The summed E-state index contributed by atoms with van der Waals surface area (Å²) in [5.74, 6) is 0.599. The molecule has 0 aliphatic carbocycles. The third-order valence-electron chi connectivity index (χ3n) is 4.03. The molecule has 0 saturated carbocycles. The van der Waals surface area contributed by atoms with E-state index in [4.69, 9.17) is 0 Å². The summed E-state index contributed by atoms with van der Waals surface area (Å²) in [6.45, 7) is 2.34. The number of aromatic nitrogens is 1. The number of benzene rings is 1. The van der Waals surface area contributed by atoms with Gasteiger partial charge in [0.15, 0.2) is 0 Å². The highest BCUT2D eigenvalue weighted by atomic mass is 19.4. The zero-order valence-corrected chi connectivity index (χ0v) is 12.6. The van der Waals surface area contributed by atoms with Crippen molar-refractivity contribution in [2.24, 2.45) is 0 Å². The van der Waals surface area contributed by atoms with Crippen LogP contribution in [0.15, 0.2) is 48.7 Å². The lowest BCUT2D eigenvalue weighted by Gasteiger charge is -2.18. The molecule has 0 bridgehead atoms. The molecule has 1 saturated heterocycles. The van der Waals surface area contributed by atoms with E-state index in [0.29, 0.717) is 11.9 Å². The minimum absolute atomic E-state index is 0.319.